The predicted molar refractivity (Wildman–Crippen MR) is 112 cm³/mol. The summed E-state index contributed by atoms with van der Waals surface area (Å²) in [4.78, 5) is 22.5. The summed E-state index contributed by atoms with van der Waals surface area (Å²) in [5.41, 5.74) is 16.1. The van der Waals surface area contributed by atoms with Crippen molar-refractivity contribution < 1.29 is 4.74 Å². The van der Waals surface area contributed by atoms with E-state index in [1.807, 2.05) is 24.3 Å². The molecular formula is C20H22N8O. The van der Waals surface area contributed by atoms with E-state index in [4.69, 9.17) is 26.2 Å². The van der Waals surface area contributed by atoms with E-state index < -0.39 is 0 Å². The zero-order valence-corrected chi connectivity index (χ0v) is 16.0. The number of morpholine rings is 1. The van der Waals surface area contributed by atoms with E-state index in [1.165, 1.54) is 0 Å². The monoisotopic (exact) mass is 390 g/mol. The first kappa shape index (κ1) is 17.6. The van der Waals surface area contributed by atoms with E-state index in [-0.39, 0.29) is 5.95 Å². The third-order valence-electron chi connectivity index (χ3n) is 5.26. The van der Waals surface area contributed by atoms with Gasteiger partial charge in [0.2, 0.25) is 11.9 Å². The van der Waals surface area contributed by atoms with Crippen molar-refractivity contribution in [1.29, 1.82) is 0 Å². The molecule has 0 saturated carbocycles. The molecule has 5 rings (SSSR count). The van der Waals surface area contributed by atoms with Crippen LogP contribution < -0.4 is 21.3 Å². The molecule has 2 aromatic heterocycles. The number of hydrogen-bond acceptors (Lipinski definition) is 9. The second-order valence-corrected chi connectivity index (χ2v) is 7.10. The lowest BCUT2D eigenvalue weighted by Crippen LogP contribution is -2.37. The van der Waals surface area contributed by atoms with Gasteiger partial charge in [-0.15, -0.1) is 0 Å². The summed E-state index contributed by atoms with van der Waals surface area (Å²) < 4.78 is 5.49. The smallest absolute Gasteiger partial charge is 0.228 e. The molecule has 1 saturated heterocycles. The van der Waals surface area contributed by atoms with Crippen molar-refractivity contribution >= 4 is 29.1 Å². The van der Waals surface area contributed by atoms with E-state index in [2.05, 4.69) is 19.8 Å². The van der Waals surface area contributed by atoms with E-state index in [9.17, 15) is 0 Å². The summed E-state index contributed by atoms with van der Waals surface area (Å²) in [5.74, 6) is 1.86. The molecule has 148 valence electrons. The number of nitrogens with two attached hydrogens (primary N) is 2. The minimum Gasteiger partial charge on any atom is -0.399 e. The molecule has 4 heterocycles. The van der Waals surface area contributed by atoms with Crippen molar-refractivity contribution in [1.82, 2.24) is 19.9 Å². The Hall–Kier alpha value is -3.46. The van der Waals surface area contributed by atoms with Crippen molar-refractivity contribution in [2.24, 2.45) is 0 Å². The molecule has 0 radical (unpaired) electrons. The lowest BCUT2D eigenvalue weighted by molar-refractivity contribution is 0.122. The number of hydrogen-bond donors (Lipinski definition) is 2. The summed E-state index contributed by atoms with van der Waals surface area (Å²) in [5, 5.41) is 0. The number of nitrogen functional groups attached to an aromatic ring is 2. The topological polar surface area (TPSA) is 119 Å². The first-order chi connectivity index (χ1) is 14.2. The van der Waals surface area contributed by atoms with E-state index >= 15 is 0 Å². The lowest BCUT2D eigenvalue weighted by atomic mass is 10.1. The highest BCUT2D eigenvalue weighted by atomic mass is 16.5. The van der Waals surface area contributed by atoms with Gasteiger partial charge in [0.05, 0.1) is 18.9 Å². The highest BCUT2D eigenvalue weighted by Crippen LogP contribution is 2.39. The van der Waals surface area contributed by atoms with Crippen LogP contribution >= 0.6 is 0 Å². The molecule has 1 fully saturated rings. The molecule has 0 aliphatic carbocycles. The molecule has 4 N–H and O–H groups in total. The van der Waals surface area contributed by atoms with Crippen molar-refractivity contribution in [3.05, 3.63) is 42.2 Å². The Balaban J connectivity index is 1.63. The number of anilines is 5. The summed E-state index contributed by atoms with van der Waals surface area (Å²) >= 11 is 0. The number of fused-ring (bicyclic) bond motifs is 1. The molecule has 0 bridgehead atoms. The molecule has 2 aliphatic heterocycles. The summed E-state index contributed by atoms with van der Waals surface area (Å²) in [6.45, 7) is 3.69. The summed E-state index contributed by atoms with van der Waals surface area (Å²) in [6.07, 6.45) is 4.28. The second kappa shape index (κ2) is 7.17. The van der Waals surface area contributed by atoms with Gasteiger partial charge in [-0.2, -0.15) is 4.98 Å². The van der Waals surface area contributed by atoms with Gasteiger partial charge in [0.25, 0.3) is 0 Å². The number of aromatic nitrogens is 4. The third kappa shape index (κ3) is 3.29. The number of ether oxygens (including phenoxy) is 1. The van der Waals surface area contributed by atoms with E-state index in [1.54, 1.807) is 12.4 Å². The van der Waals surface area contributed by atoms with Gasteiger partial charge in [-0.3, -0.25) is 0 Å². The van der Waals surface area contributed by atoms with Gasteiger partial charge in [-0.1, -0.05) is 0 Å². The molecule has 29 heavy (non-hydrogen) atoms. The SMILES string of the molecule is Nc1ccc(N2CCc3c(-c4cnc(N)nc4)nc(N4CCOCC4)nc32)cc1. The van der Waals surface area contributed by atoms with Crippen molar-refractivity contribution in [2.75, 3.05) is 54.1 Å². The van der Waals surface area contributed by atoms with Gasteiger partial charge in [0.15, 0.2) is 0 Å². The average molecular weight is 390 g/mol. The van der Waals surface area contributed by atoms with Crippen molar-refractivity contribution in [3.63, 3.8) is 0 Å². The van der Waals surface area contributed by atoms with E-state index in [0.29, 0.717) is 19.2 Å². The largest absolute Gasteiger partial charge is 0.399 e. The number of benzene rings is 1. The van der Waals surface area contributed by atoms with Gasteiger partial charge in [0, 0.05) is 54.5 Å². The highest BCUT2D eigenvalue weighted by Gasteiger charge is 2.29. The minimum absolute atomic E-state index is 0.247. The van der Waals surface area contributed by atoms with Crippen LogP contribution in [0.15, 0.2) is 36.7 Å². The Bertz CT molecular complexity index is 1020. The Morgan fingerprint density at radius 1 is 0.897 bits per heavy atom. The summed E-state index contributed by atoms with van der Waals surface area (Å²) in [7, 11) is 0. The van der Waals surface area contributed by atoms with Gasteiger partial charge in [0.1, 0.15) is 5.82 Å². The van der Waals surface area contributed by atoms with Gasteiger partial charge in [-0.25, -0.2) is 15.0 Å². The maximum Gasteiger partial charge on any atom is 0.228 e. The molecule has 2 aliphatic rings. The molecule has 0 spiro atoms. The molecular weight excluding hydrogens is 368 g/mol. The second-order valence-electron chi connectivity index (χ2n) is 7.10. The highest BCUT2D eigenvalue weighted by molar-refractivity contribution is 5.77. The van der Waals surface area contributed by atoms with Gasteiger partial charge in [-0.05, 0) is 30.7 Å². The first-order valence-electron chi connectivity index (χ1n) is 9.63. The zero-order chi connectivity index (χ0) is 19.8. The molecule has 0 amide bonds. The molecule has 9 nitrogen and oxygen atoms in total. The number of nitrogens with zero attached hydrogens (tertiary/aromatic N) is 6. The van der Waals surface area contributed by atoms with Crippen LogP contribution in [0.1, 0.15) is 5.56 Å². The van der Waals surface area contributed by atoms with Crippen LogP contribution in [-0.2, 0) is 11.2 Å². The van der Waals surface area contributed by atoms with Crippen LogP contribution in [0.3, 0.4) is 0 Å². The van der Waals surface area contributed by atoms with Crippen LogP contribution in [0.25, 0.3) is 11.3 Å². The lowest BCUT2D eigenvalue weighted by Gasteiger charge is -2.28. The van der Waals surface area contributed by atoms with Crippen molar-refractivity contribution in [3.8, 4) is 11.3 Å². The fraction of sp³-hybridized carbons (Fsp3) is 0.300. The molecule has 1 aromatic carbocycles. The maximum atomic E-state index is 5.87. The van der Waals surface area contributed by atoms with Crippen LogP contribution in [0, 0.1) is 0 Å². The Morgan fingerprint density at radius 3 is 2.34 bits per heavy atom. The van der Waals surface area contributed by atoms with Crippen LogP contribution in [0.5, 0.6) is 0 Å². The van der Waals surface area contributed by atoms with E-state index in [0.717, 1.165) is 60.1 Å². The molecule has 9 heteroatoms. The quantitative estimate of drug-likeness (QED) is 0.643. The van der Waals surface area contributed by atoms with Crippen LogP contribution in [-0.4, -0.2) is 52.8 Å². The Morgan fingerprint density at radius 2 is 1.62 bits per heavy atom. The average Bonchev–Trinajstić information content (AvgIpc) is 3.19. The standard InChI is InChI=1S/C20H22N8O/c21-14-1-3-15(4-2-14)28-6-5-16-17(13-11-23-19(22)24-12-13)25-20(26-18(16)28)27-7-9-29-10-8-27/h1-4,11-12H,5-10,21H2,(H2,22,23,24). The van der Waals surface area contributed by atoms with Gasteiger partial charge < -0.3 is 26.0 Å². The molecule has 0 unspecified atom stereocenters. The Labute approximate surface area is 168 Å². The van der Waals surface area contributed by atoms with Crippen LogP contribution in [0.2, 0.25) is 0 Å². The van der Waals surface area contributed by atoms with Gasteiger partial charge >= 0.3 is 0 Å². The maximum absolute atomic E-state index is 5.87. The fourth-order valence-corrected chi connectivity index (χ4v) is 3.75. The summed E-state index contributed by atoms with van der Waals surface area (Å²) in [6, 6.07) is 7.86. The first-order valence-corrected chi connectivity index (χ1v) is 9.63. The third-order valence-corrected chi connectivity index (χ3v) is 5.26. The molecule has 0 atom stereocenters. The van der Waals surface area contributed by atoms with Crippen molar-refractivity contribution in [2.45, 2.75) is 6.42 Å². The number of rotatable bonds is 3. The molecule has 3 aromatic rings. The van der Waals surface area contributed by atoms with Crippen LogP contribution in [0.4, 0.5) is 29.1 Å². The fourth-order valence-electron chi connectivity index (χ4n) is 3.75. The minimum atomic E-state index is 0.247. The zero-order valence-electron chi connectivity index (χ0n) is 16.0. The predicted octanol–water partition coefficient (Wildman–Crippen LogP) is 1.63. The normalized spacial score (nSPS) is 16.1. The Kier molecular flexibility index (Phi) is 4.36.